The van der Waals surface area contributed by atoms with Gasteiger partial charge in [0.1, 0.15) is 6.04 Å². The van der Waals surface area contributed by atoms with Crippen LogP contribution < -0.4 is 33.2 Å². The van der Waals surface area contributed by atoms with Gasteiger partial charge in [-0.25, -0.2) is 4.79 Å². The summed E-state index contributed by atoms with van der Waals surface area (Å²) in [7, 11) is 0. The number of carbonyl (C=O) groups excluding carboxylic acids is 3. The van der Waals surface area contributed by atoms with Crippen LogP contribution in [0, 0.1) is 0 Å². The summed E-state index contributed by atoms with van der Waals surface area (Å²) in [6.45, 7) is -0.501. The lowest BCUT2D eigenvalue weighted by atomic mass is 10.1. The van der Waals surface area contributed by atoms with E-state index < -0.39 is 42.3 Å². The number of fused-ring (bicyclic) bond motifs is 1. The number of hydrogen-bond acceptors (Lipinski definition) is 6. The predicted octanol–water partition coefficient (Wildman–Crippen LogP) is -2.11. The fourth-order valence-electron chi connectivity index (χ4n) is 3.16. The normalized spacial score (nSPS) is 12.4. The van der Waals surface area contributed by atoms with Crippen LogP contribution in [0.5, 0.6) is 0 Å². The van der Waals surface area contributed by atoms with E-state index in [9.17, 15) is 24.3 Å². The van der Waals surface area contributed by atoms with Gasteiger partial charge in [0.15, 0.2) is 5.96 Å². The molecule has 0 aliphatic rings. The molecule has 13 heteroatoms. The highest BCUT2D eigenvalue weighted by molar-refractivity contribution is 5.91. The number of H-pyrrole nitrogens is 1. The van der Waals surface area contributed by atoms with Crippen molar-refractivity contribution < 1.29 is 24.3 Å². The minimum Gasteiger partial charge on any atom is -0.480 e. The summed E-state index contributed by atoms with van der Waals surface area (Å²) >= 11 is 0. The largest absolute Gasteiger partial charge is 0.480 e. The van der Waals surface area contributed by atoms with E-state index in [0.717, 1.165) is 16.5 Å². The molecule has 0 bridgehead atoms. The second-order valence-corrected chi connectivity index (χ2v) is 7.57. The fourth-order valence-corrected chi connectivity index (χ4v) is 3.16. The first-order valence-electron chi connectivity index (χ1n) is 10.6. The number of guanidine groups is 1. The highest BCUT2D eigenvalue weighted by atomic mass is 16.4. The summed E-state index contributed by atoms with van der Waals surface area (Å²) in [6.07, 6.45) is 2.57. The predicted molar refractivity (Wildman–Crippen MR) is 125 cm³/mol. The topological polar surface area (TPSA) is 231 Å². The van der Waals surface area contributed by atoms with Crippen molar-refractivity contribution in [1.82, 2.24) is 20.9 Å². The molecule has 184 valence electrons. The van der Waals surface area contributed by atoms with Crippen LogP contribution in [-0.2, 0) is 25.6 Å². The van der Waals surface area contributed by atoms with Gasteiger partial charge in [-0.15, -0.1) is 0 Å². The number of aliphatic imine (C=N–C) groups is 1. The molecule has 0 saturated heterocycles. The van der Waals surface area contributed by atoms with Crippen molar-refractivity contribution in [2.24, 2.45) is 22.2 Å². The molecule has 34 heavy (non-hydrogen) atoms. The number of rotatable bonds is 13. The zero-order valence-corrected chi connectivity index (χ0v) is 18.5. The maximum absolute atomic E-state index is 12.2. The van der Waals surface area contributed by atoms with Crippen molar-refractivity contribution in [1.29, 1.82) is 0 Å². The smallest absolute Gasteiger partial charge is 0.326 e. The molecule has 0 saturated carbocycles. The number of benzene rings is 1. The highest BCUT2D eigenvalue weighted by Gasteiger charge is 2.22. The second kappa shape index (κ2) is 12.8. The van der Waals surface area contributed by atoms with Crippen molar-refractivity contribution in [2.75, 3.05) is 19.6 Å². The summed E-state index contributed by atoms with van der Waals surface area (Å²) in [4.78, 5) is 54.5. The molecule has 3 amide bonds. The van der Waals surface area contributed by atoms with Crippen LogP contribution in [0.15, 0.2) is 35.5 Å². The highest BCUT2D eigenvalue weighted by Crippen LogP contribution is 2.19. The van der Waals surface area contributed by atoms with Gasteiger partial charge in [0.05, 0.1) is 19.1 Å². The van der Waals surface area contributed by atoms with Crippen LogP contribution in [-0.4, -0.2) is 71.5 Å². The van der Waals surface area contributed by atoms with Crippen molar-refractivity contribution in [2.45, 2.75) is 31.3 Å². The minimum absolute atomic E-state index is 0.0497. The van der Waals surface area contributed by atoms with Crippen molar-refractivity contribution in [3.05, 3.63) is 36.0 Å². The molecular weight excluding hydrogens is 444 g/mol. The van der Waals surface area contributed by atoms with Crippen LogP contribution >= 0.6 is 0 Å². The van der Waals surface area contributed by atoms with E-state index in [1.54, 1.807) is 6.20 Å². The molecule has 1 aromatic carbocycles. The maximum atomic E-state index is 12.2. The Hall–Kier alpha value is -4.13. The molecule has 2 atom stereocenters. The first kappa shape index (κ1) is 26.1. The Bertz CT molecular complexity index is 1050. The van der Waals surface area contributed by atoms with E-state index in [4.69, 9.17) is 17.2 Å². The lowest BCUT2D eigenvalue weighted by Crippen LogP contribution is -2.49. The van der Waals surface area contributed by atoms with Gasteiger partial charge in [-0.1, -0.05) is 18.2 Å². The fraction of sp³-hybridized carbons (Fsp3) is 0.381. The molecule has 0 aliphatic carbocycles. The van der Waals surface area contributed by atoms with Crippen LogP contribution in [0.1, 0.15) is 18.4 Å². The molecule has 2 aromatic rings. The van der Waals surface area contributed by atoms with Gasteiger partial charge in [-0.3, -0.25) is 19.4 Å². The third kappa shape index (κ3) is 8.43. The summed E-state index contributed by atoms with van der Waals surface area (Å²) in [5.41, 5.74) is 17.7. The standard InChI is InChI=1S/C21H30N8O5/c22-14(5-3-7-25-21(23)24)19(32)28-10-17(30)27-11-18(31)29-16(20(33)34)8-12-9-26-15-6-2-1-4-13(12)15/h1-2,4,6,9,14,16,26H,3,5,7-8,10-11,22H2,(H,27,30)(H,28,32)(H,29,31)(H,33,34)(H4,23,24,25)/t14-,16-/m0/s1. The Morgan fingerprint density at radius 3 is 2.47 bits per heavy atom. The Morgan fingerprint density at radius 1 is 1.06 bits per heavy atom. The SMILES string of the molecule is NC(N)=NCCC[C@H](N)C(=O)NCC(=O)NCC(=O)N[C@@H](Cc1c[nH]c2ccccc12)C(=O)O. The van der Waals surface area contributed by atoms with Crippen LogP contribution in [0.4, 0.5) is 0 Å². The number of aliphatic carboxylic acids is 1. The molecule has 11 N–H and O–H groups in total. The molecule has 13 nitrogen and oxygen atoms in total. The summed E-state index contributed by atoms with van der Waals surface area (Å²) in [5, 5.41) is 17.4. The van der Waals surface area contributed by atoms with Gasteiger partial charge in [0.25, 0.3) is 0 Å². The molecule has 0 unspecified atom stereocenters. The van der Waals surface area contributed by atoms with Crippen LogP contribution in [0.2, 0.25) is 0 Å². The van der Waals surface area contributed by atoms with E-state index in [-0.39, 0.29) is 18.9 Å². The van der Waals surface area contributed by atoms with Gasteiger partial charge in [-0.2, -0.15) is 0 Å². The van der Waals surface area contributed by atoms with E-state index in [2.05, 4.69) is 25.9 Å². The zero-order valence-electron chi connectivity index (χ0n) is 18.5. The van der Waals surface area contributed by atoms with Crippen molar-refractivity contribution >= 4 is 40.6 Å². The van der Waals surface area contributed by atoms with Crippen LogP contribution in [0.3, 0.4) is 0 Å². The Kier molecular flexibility index (Phi) is 9.83. The number of para-hydroxylation sites is 1. The van der Waals surface area contributed by atoms with Gasteiger partial charge in [-0.05, 0) is 24.5 Å². The van der Waals surface area contributed by atoms with E-state index in [1.165, 1.54) is 0 Å². The molecule has 0 fully saturated rings. The average molecular weight is 475 g/mol. The van der Waals surface area contributed by atoms with Crippen molar-refractivity contribution in [3.8, 4) is 0 Å². The molecule has 0 radical (unpaired) electrons. The quantitative estimate of drug-likeness (QED) is 0.0907. The number of nitrogens with one attached hydrogen (secondary N) is 4. The number of aromatic amines is 1. The van der Waals surface area contributed by atoms with E-state index in [0.29, 0.717) is 19.4 Å². The first-order chi connectivity index (χ1) is 16.2. The number of carboxylic acids is 1. The number of nitrogens with zero attached hydrogens (tertiary/aromatic N) is 1. The Morgan fingerprint density at radius 2 is 1.76 bits per heavy atom. The van der Waals surface area contributed by atoms with Crippen molar-refractivity contribution in [3.63, 3.8) is 0 Å². The zero-order chi connectivity index (χ0) is 25.1. The first-order valence-corrected chi connectivity index (χ1v) is 10.6. The van der Waals surface area contributed by atoms with E-state index >= 15 is 0 Å². The lowest BCUT2D eigenvalue weighted by Gasteiger charge is -2.15. The maximum Gasteiger partial charge on any atom is 0.326 e. The third-order valence-electron chi connectivity index (χ3n) is 4.91. The molecule has 2 rings (SSSR count). The number of hydrogen-bond donors (Lipinski definition) is 8. The third-order valence-corrected chi connectivity index (χ3v) is 4.91. The summed E-state index contributed by atoms with van der Waals surface area (Å²) < 4.78 is 0. The Labute approximate surface area is 195 Å². The molecule has 1 aromatic heterocycles. The number of aromatic nitrogens is 1. The Balaban J connectivity index is 1.74. The molecule has 0 aliphatic heterocycles. The van der Waals surface area contributed by atoms with E-state index in [1.807, 2.05) is 24.3 Å². The molecule has 1 heterocycles. The van der Waals surface area contributed by atoms with Gasteiger partial charge in [0.2, 0.25) is 17.7 Å². The monoisotopic (exact) mass is 474 g/mol. The number of nitrogens with two attached hydrogens (primary N) is 3. The molecule has 0 spiro atoms. The summed E-state index contributed by atoms with van der Waals surface area (Å²) in [5.74, 6) is -3.09. The minimum atomic E-state index is -1.20. The van der Waals surface area contributed by atoms with Gasteiger partial charge < -0.3 is 43.2 Å². The van der Waals surface area contributed by atoms with Crippen LogP contribution in [0.25, 0.3) is 10.9 Å². The second-order valence-electron chi connectivity index (χ2n) is 7.57. The average Bonchev–Trinajstić information content (AvgIpc) is 3.21. The lowest BCUT2D eigenvalue weighted by molar-refractivity contribution is -0.141. The summed E-state index contributed by atoms with van der Waals surface area (Å²) in [6, 6.07) is 5.38. The van der Waals surface area contributed by atoms with Gasteiger partial charge in [0, 0.05) is 30.1 Å². The number of carbonyl (C=O) groups is 4. The molecular formula is C21H30N8O5. The van der Waals surface area contributed by atoms with Gasteiger partial charge >= 0.3 is 5.97 Å². The number of amides is 3. The number of carboxylic acid groups (broad SMARTS) is 1.